The molecule has 0 saturated carbocycles. The summed E-state index contributed by atoms with van der Waals surface area (Å²) in [5.74, 6) is 2.90. The maximum atomic E-state index is 11.9. The van der Waals surface area contributed by atoms with Gasteiger partial charge in [-0.1, -0.05) is 18.2 Å². The van der Waals surface area contributed by atoms with Gasteiger partial charge < -0.3 is 9.80 Å². The van der Waals surface area contributed by atoms with Gasteiger partial charge in [-0.05, 0) is 38.3 Å². The maximum absolute atomic E-state index is 11.9. The number of para-hydroxylation sites is 1. The Labute approximate surface area is 154 Å². The van der Waals surface area contributed by atoms with Gasteiger partial charge in [0, 0.05) is 30.9 Å². The Balaban J connectivity index is 1.69. The zero-order valence-corrected chi connectivity index (χ0v) is 16.0. The summed E-state index contributed by atoms with van der Waals surface area (Å²) >= 11 is 0. The Hall–Kier alpha value is -2.15. The lowest BCUT2D eigenvalue weighted by Gasteiger charge is -2.29. The third kappa shape index (κ3) is 3.16. The van der Waals surface area contributed by atoms with Crippen LogP contribution in [-0.4, -0.2) is 49.0 Å². The second-order valence-electron chi connectivity index (χ2n) is 7.00. The predicted octanol–water partition coefficient (Wildman–Crippen LogP) is 2.49. The minimum absolute atomic E-state index is 0.00184. The molecule has 0 radical (unpaired) electrons. The second kappa shape index (κ2) is 6.54. The summed E-state index contributed by atoms with van der Waals surface area (Å²) < 4.78 is 23.8. The maximum Gasteiger partial charge on any atom is 0.152 e. The van der Waals surface area contributed by atoms with E-state index in [1.807, 2.05) is 26.0 Å². The first kappa shape index (κ1) is 17.3. The molecule has 1 aromatic carbocycles. The molecule has 2 aliphatic rings. The first-order valence-corrected chi connectivity index (χ1v) is 11.0. The summed E-state index contributed by atoms with van der Waals surface area (Å²) in [5, 5.41) is 0. The molecule has 7 heteroatoms. The Morgan fingerprint density at radius 3 is 2.81 bits per heavy atom. The summed E-state index contributed by atoms with van der Waals surface area (Å²) in [6, 6.07) is 10.4. The average molecular weight is 372 g/mol. The third-order valence-corrected chi connectivity index (χ3v) is 7.01. The predicted molar refractivity (Wildman–Crippen MR) is 104 cm³/mol. The first-order chi connectivity index (χ1) is 12.5. The highest BCUT2D eigenvalue weighted by Gasteiger charge is 2.33. The summed E-state index contributed by atoms with van der Waals surface area (Å²) in [5.41, 5.74) is 2.53. The SMILES string of the molecule is CCN(c1cc(N2CCc3ccccc32)nc(C)n1)C1CCS(=O)(=O)C1. The van der Waals surface area contributed by atoms with Crippen molar-refractivity contribution in [1.82, 2.24) is 9.97 Å². The van der Waals surface area contributed by atoms with Crippen LogP contribution >= 0.6 is 0 Å². The van der Waals surface area contributed by atoms with E-state index in [0.717, 1.165) is 31.1 Å². The van der Waals surface area contributed by atoms with Crippen molar-refractivity contribution in [1.29, 1.82) is 0 Å². The Kier molecular flexibility index (Phi) is 4.34. The van der Waals surface area contributed by atoms with Crippen molar-refractivity contribution in [3.8, 4) is 0 Å². The molecule has 6 nitrogen and oxygen atoms in total. The monoisotopic (exact) mass is 372 g/mol. The van der Waals surface area contributed by atoms with E-state index in [9.17, 15) is 8.42 Å². The van der Waals surface area contributed by atoms with Crippen molar-refractivity contribution in [3.05, 3.63) is 41.7 Å². The lowest BCUT2D eigenvalue weighted by molar-refractivity contribution is 0.599. The molecule has 1 atom stereocenters. The molecular formula is C19H24N4O2S. The van der Waals surface area contributed by atoms with Gasteiger partial charge in [0.25, 0.3) is 0 Å². The summed E-state index contributed by atoms with van der Waals surface area (Å²) in [4.78, 5) is 13.6. The number of hydrogen-bond donors (Lipinski definition) is 0. The first-order valence-electron chi connectivity index (χ1n) is 9.15. The molecule has 1 fully saturated rings. The molecule has 0 spiro atoms. The Bertz CT molecular complexity index is 929. The number of aryl methyl sites for hydroxylation is 1. The van der Waals surface area contributed by atoms with Crippen molar-refractivity contribution in [2.24, 2.45) is 0 Å². The quantitative estimate of drug-likeness (QED) is 0.821. The molecular weight excluding hydrogens is 348 g/mol. The van der Waals surface area contributed by atoms with E-state index >= 15 is 0 Å². The highest BCUT2D eigenvalue weighted by atomic mass is 32.2. The number of benzene rings is 1. The van der Waals surface area contributed by atoms with E-state index in [2.05, 4.69) is 38.0 Å². The van der Waals surface area contributed by atoms with Crippen LogP contribution < -0.4 is 9.80 Å². The fourth-order valence-corrected chi connectivity index (χ4v) is 5.76. The van der Waals surface area contributed by atoms with E-state index in [0.29, 0.717) is 12.2 Å². The van der Waals surface area contributed by atoms with Gasteiger partial charge in [-0.2, -0.15) is 0 Å². The lowest BCUT2D eigenvalue weighted by atomic mass is 10.2. The van der Waals surface area contributed by atoms with Crippen LogP contribution in [0.2, 0.25) is 0 Å². The standard InChI is InChI=1S/C19H24N4O2S/c1-3-22(16-9-11-26(24,25)13-16)18-12-19(21-14(2)20-18)23-10-8-15-6-4-5-7-17(15)23/h4-7,12,16H,3,8-11,13H2,1-2H3. The largest absolute Gasteiger partial charge is 0.353 e. The fourth-order valence-electron chi connectivity index (χ4n) is 4.03. The summed E-state index contributed by atoms with van der Waals surface area (Å²) in [7, 11) is -2.93. The fraction of sp³-hybridized carbons (Fsp3) is 0.474. The number of aromatic nitrogens is 2. The number of nitrogens with zero attached hydrogens (tertiary/aromatic N) is 4. The molecule has 1 aromatic heterocycles. The van der Waals surface area contributed by atoms with Crippen molar-refractivity contribution < 1.29 is 8.42 Å². The van der Waals surface area contributed by atoms with Crippen molar-refractivity contribution in [2.45, 2.75) is 32.7 Å². The molecule has 4 rings (SSSR count). The van der Waals surface area contributed by atoms with Gasteiger partial charge >= 0.3 is 0 Å². The minimum Gasteiger partial charge on any atom is -0.353 e. The number of anilines is 3. The van der Waals surface area contributed by atoms with Gasteiger partial charge in [0.2, 0.25) is 0 Å². The molecule has 1 unspecified atom stereocenters. The number of rotatable bonds is 4. The lowest BCUT2D eigenvalue weighted by Crippen LogP contribution is -2.37. The Morgan fingerprint density at radius 1 is 1.27 bits per heavy atom. The van der Waals surface area contributed by atoms with Crippen LogP contribution in [0.15, 0.2) is 30.3 Å². The Morgan fingerprint density at radius 2 is 2.08 bits per heavy atom. The van der Waals surface area contributed by atoms with E-state index in [4.69, 9.17) is 0 Å². The normalized spacial score (nSPS) is 21.0. The second-order valence-corrected chi connectivity index (χ2v) is 9.23. The van der Waals surface area contributed by atoms with Gasteiger partial charge in [-0.25, -0.2) is 18.4 Å². The van der Waals surface area contributed by atoms with Crippen LogP contribution in [0.5, 0.6) is 0 Å². The van der Waals surface area contributed by atoms with Crippen molar-refractivity contribution >= 4 is 27.2 Å². The van der Waals surface area contributed by atoms with E-state index in [-0.39, 0.29) is 17.5 Å². The van der Waals surface area contributed by atoms with E-state index < -0.39 is 9.84 Å². The van der Waals surface area contributed by atoms with Gasteiger partial charge in [0.1, 0.15) is 17.5 Å². The zero-order valence-electron chi connectivity index (χ0n) is 15.2. The van der Waals surface area contributed by atoms with Gasteiger partial charge in [0.05, 0.1) is 11.5 Å². The molecule has 1 saturated heterocycles. The molecule has 2 aromatic rings. The highest BCUT2D eigenvalue weighted by molar-refractivity contribution is 7.91. The van der Waals surface area contributed by atoms with Crippen molar-refractivity contribution in [3.63, 3.8) is 0 Å². The molecule has 0 aliphatic carbocycles. The minimum atomic E-state index is -2.93. The number of hydrogen-bond acceptors (Lipinski definition) is 6. The van der Waals surface area contributed by atoms with Crippen LogP contribution in [0.25, 0.3) is 0 Å². The zero-order chi connectivity index (χ0) is 18.3. The van der Waals surface area contributed by atoms with Crippen LogP contribution in [0.3, 0.4) is 0 Å². The summed E-state index contributed by atoms with van der Waals surface area (Å²) in [6.45, 7) is 5.58. The molecule has 0 bridgehead atoms. The van der Waals surface area contributed by atoms with Crippen molar-refractivity contribution in [2.75, 3.05) is 34.4 Å². The van der Waals surface area contributed by atoms with Crippen LogP contribution in [0, 0.1) is 6.92 Å². The number of fused-ring (bicyclic) bond motifs is 1. The van der Waals surface area contributed by atoms with Gasteiger partial charge in [-0.15, -0.1) is 0 Å². The molecule has 3 heterocycles. The molecule has 0 N–H and O–H groups in total. The van der Waals surface area contributed by atoms with Crippen LogP contribution in [0.4, 0.5) is 17.3 Å². The molecule has 0 amide bonds. The topological polar surface area (TPSA) is 66.4 Å². The molecule has 2 aliphatic heterocycles. The smallest absolute Gasteiger partial charge is 0.152 e. The third-order valence-electron chi connectivity index (χ3n) is 5.26. The van der Waals surface area contributed by atoms with Crippen LogP contribution in [0.1, 0.15) is 24.7 Å². The van der Waals surface area contributed by atoms with Crippen LogP contribution in [-0.2, 0) is 16.3 Å². The summed E-state index contributed by atoms with van der Waals surface area (Å²) in [6.07, 6.45) is 1.67. The van der Waals surface area contributed by atoms with Gasteiger partial charge in [-0.3, -0.25) is 0 Å². The van der Waals surface area contributed by atoms with E-state index in [1.165, 1.54) is 11.3 Å². The molecule has 138 valence electrons. The molecule has 26 heavy (non-hydrogen) atoms. The number of sulfone groups is 1. The van der Waals surface area contributed by atoms with Gasteiger partial charge in [0.15, 0.2) is 9.84 Å². The van der Waals surface area contributed by atoms with E-state index in [1.54, 1.807) is 0 Å². The highest BCUT2D eigenvalue weighted by Crippen LogP contribution is 2.35. The average Bonchev–Trinajstić information content (AvgIpc) is 3.18.